The molecule has 0 aromatic carbocycles. The first kappa shape index (κ1) is 10.3. The molecule has 15 heavy (non-hydrogen) atoms. The number of aromatic nitrogens is 2. The highest BCUT2D eigenvalue weighted by Crippen LogP contribution is 2.09. The number of fused-ring (bicyclic) bond motifs is 1. The molecule has 2 rings (SSSR count). The van der Waals surface area contributed by atoms with Gasteiger partial charge in [0.1, 0.15) is 5.82 Å². The van der Waals surface area contributed by atoms with E-state index in [-0.39, 0.29) is 5.56 Å². The van der Waals surface area contributed by atoms with E-state index in [0.717, 1.165) is 30.0 Å². The minimum absolute atomic E-state index is 0.00518. The van der Waals surface area contributed by atoms with Crippen molar-refractivity contribution < 1.29 is 4.74 Å². The van der Waals surface area contributed by atoms with E-state index in [2.05, 4.69) is 15.3 Å². The Kier molecular flexibility index (Phi) is 3.13. The molecule has 0 spiro atoms. The molecule has 0 unspecified atom stereocenters. The molecule has 5 heteroatoms. The number of H-pyrrole nitrogens is 1. The summed E-state index contributed by atoms with van der Waals surface area (Å²) in [7, 11) is 1.87. The third kappa shape index (κ3) is 2.24. The number of hydrogen-bond donors (Lipinski definition) is 2. The maximum Gasteiger partial charge on any atom is 0.254 e. The molecule has 5 nitrogen and oxygen atoms in total. The lowest BCUT2D eigenvalue weighted by molar-refractivity contribution is 0.106. The van der Waals surface area contributed by atoms with Crippen molar-refractivity contribution in [3.63, 3.8) is 0 Å². The van der Waals surface area contributed by atoms with Crippen molar-refractivity contribution in [3.8, 4) is 0 Å². The molecule has 0 aliphatic carbocycles. The van der Waals surface area contributed by atoms with Gasteiger partial charge in [-0.1, -0.05) is 0 Å². The van der Waals surface area contributed by atoms with Gasteiger partial charge in [0.15, 0.2) is 0 Å². The van der Waals surface area contributed by atoms with E-state index in [1.165, 1.54) is 0 Å². The zero-order valence-corrected chi connectivity index (χ0v) is 8.80. The molecule has 1 aromatic rings. The molecule has 1 aliphatic heterocycles. The fourth-order valence-electron chi connectivity index (χ4n) is 1.68. The van der Waals surface area contributed by atoms with Gasteiger partial charge in [0.25, 0.3) is 5.56 Å². The van der Waals surface area contributed by atoms with E-state index in [1.54, 1.807) is 0 Å². The normalized spacial score (nSPS) is 15.0. The van der Waals surface area contributed by atoms with Gasteiger partial charge in [0.2, 0.25) is 0 Å². The molecule has 1 aliphatic rings. The summed E-state index contributed by atoms with van der Waals surface area (Å²) in [4.78, 5) is 18.9. The Morgan fingerprint density at radius 3 is 3.27 bits per heavy atom. The largest absolute Gasteiger partial charge is 0.375 e. The summed E-state index contributed by atoms with van der Waals surface area (Å²) < 4.78 is 5.28. The summed E-state index contributed by atoms with van der Waals surface area (Å²) in [5.74, 6) is 0.735. The fraction of sp³-hybridized carbons (Fsp3) is 0.600. The first-order valence-corrected chi connectivity index (χ1v) is 5.14. The molecule has 0 saturated carbocycles. The lowest BCUT2D eigenvalue weighted by Gasteiger charge is -2.15. The van der Waals surface area contributed by atoms with E-state index < -0.39 is 0 Å². The Morgan fingerprint density at radius 2 is 2.47 bits per heavy atom. The third-order valence-corrected chi connectivity index (χ3v) is 2.50. The van der Waals surface area contributed by atoms with Crippen LogP contribution in [0.3, 0.4) is 0 Å². The molecule has 2 heterocycles. The highest BCUT2D eigenvalue weighted by Gasteiger charge is 2.15. The van der Waals surface area contributed by atoms with Gasteiger partial charge in [-0.05, 0) is 7.05 Å². The number of aromatic amines is 1. The summed E-state index contributed by atoms with van der Waals surface area (Å²) in [6.45, 7) is 1.89. The van der Waals surface area contributed by atoms with Crippen molar-refractivity contribution in [2.45, 2.75) is 19.4 Å². The topological polar surface area (TPSA) is 67.0 Å². The Labute approximate surface area is 87.9 Å². The summed E-state index contributed by atoms with van der Waals surface area (Å²) in [5, 5.41) is 3.02. The van der Waals surface area contributed by atoms with Crippen molar-refractivity contribution in [1.82, 2.24) is 15.3 Å². The van der Waals surface area contributed by atoms with Crippen LogP contribution in [0.25, 0.3) is 0 Å². The van der Waals surface area contributed by atoms with Crippen LogP contribution < -0.4 is 10.9 Å². The van der Waals surface area contributed by atoms with Gasteiger partial charge in [0, 0.05) is 24.9 Å². The smallest absolute Gasteiger partial charge is 0.254 e. The van der Waals surface area contributed by atoms with Gasteiger partial charge in [0.05, 0.1) is 18.9 Å². The monoisotopic (exact) mass is 209 g/mol. The first-order chi connectivity index (χ1) is 7.31. The summed E-state index contributed by atoms with van der Waals surface area (Å²) >= 11 is 0. The Bertz CT molecular complexity index is 400. The fourth-order valence-corrected chi connectivity index (χ4v) is 1.68. The van der Waals surface area contributed by atoms with Crippen LogP contribution in [0.2, 0.25) is 0 Å². The number of rotatable bonds is 3. The zero-order chi connectivity index (χ0) is 10.7. The zero-order valence-electron chi connectivity index (χ0n) is 8.80. The molecular weight excluding hydrogens is 194 g/mol. The highest BCUT2D eigenvalue weighted by molar-refractivity contribution is 5.19. The van der Waals surface area contributed by atoms with Gasteiger partial charge in [-0.25, -0.2) is 4.98 Å². The average Bonchev–Trinajstić information content (AvgIpc) is 2.26. The second-order valence-corrected chi connectivity index (χ2v) is 3.59. The van der Waals surface area contributed by atoms with Crippen LogP contribution in [0.5, 0.6) is 0 Å². The van der Waals surface area contributed by atoms with Gasteiger partial charge < -0.3 is 15.0 Å². The Hall–Kier alpha value is -1.20. The van der Waals surface area contributed by atoms with Crippen LogP contribution in [0, 0.1) is 0 Å². The number of hydrogen-bond acceptors (Lipinski definition) is 4. The second kappa shape index (κ2) is 4.55. The molecule has 0 radical (unpaired) electrons. The first-order valence-electron chi connectivity index (χ1n) is 5.14. The molecule has 0 fully saturated rings. The minimum atomic E-state index is -0.00518. The van der Waals surface area contributed by atoms with Crippen LogP contribution in [-0.4, -0.2) is 30.2 Å². The van der Waals surface area contributed by atoms with Crippen molar-refractivity contribution >= 4 is 0 Å². The van der Waals surface area contributed by atoms with Gasteiger partial charge in [-0.15, -0.1) is 0 Å². The predicted octanol–water partition coefficient (Wildman–Crippen LogP) is -0.395. The molecule has 82 valence electrons. The summed E-state index contributed by atoms with van der Waals surface area (Å²) in [6, 6.07) is 0. The molecule has 0 bridgehead atoms. The Morgan fingerprint density at radius 1 is 1.60 bits per heavy atom. The number of nitrogens with zero attached hydrogens (tertiary/aromatic N) is 1. The predicted molar refractivity (Wildman–Crippen MR) is 55.8 cm³/mol. The molecule has 1 aromatic heterocycles. The van der Waals surface area contributed by atoms with E-state index in [1.807, 2.05) is 7.05 Å². The molecule has 0 saturated heterocycles. The minimum Gasteiger partial charge on any atom is -0.375 e. The quantitative estimate of drug-likeness (QED) is 0.711. The van der Waals surface area contributed by atoms with Gasteiger partial charge in [-0.2, -0.15) is 0 Å². The summed E-state index contributed by atoms with van der Waals surface area (Å²) in [5.41, 5.74) is 1.58. The van der Waals surface area contributed by atoms with Crippen LogP contribution in [0.15, 0.2) is 4.79 Å². The molecular formula is C10H15N3O2. The molecule has 2 N–H and O–H groups in total. The van der Waals surface area contributed by atoms with Crippen molar-refractivity contribution in [2.24, 2.45) is 0 Å². The van der Waals surface area contributed by atoms with Crippen molar-refractivity contribution in [1.29, 1.82) is 0 Å². The van der Waals surface area contributed by atoms with Crippen LogP contribution in [0.1, 0.15) is 17.1 Å². The third-order valence-electron chi connectivity index (χ3n) is 2.50. The van der Waals surface area contributed by atoms with E-state index >= 15 is 0 Å². The maximum absolute atomic E-state index is 11.7. The second-order valence-electron chi connectivity index (χ2n) is 3.59. The van der Waals surface area contributed by atoms with Crippen molar-refractivity contribution in [2.75, 3.05) is 20.2 Å². The standard InChI is InChI=1S/C10H15N3O2/c1-11-4-2-9-12-8-6-15-5-3-7(8)10(14)13-9/h11H,2-6H2,1H3,(H,12,13,14). The van der Waals surface area contributed by atoms with Gasteiger partial charge in [-0.3, -0.25) is 4.79 Å². The van der Waals surface area contributed by atoms with E-state index in [0.29, 0.717) is 19.6 Å². The lowest BCUT2D eigenvalue weighted by Crippen LogP contribution is -2.26. The van der Waals surface area contributed by atoms with Crippen LogP contribution in [-0.2, 0) is 24.2 Å². The number of ether oxygens (including phenoxy) is 1. The van der Waals surface area contributed by atoms with Crippen LogP contribution >= 0.6 is 0 Å². The molecule has 0 amide bonds. The maximum atomic E-state index is 11.7. The van der Waals surface area contributed by atoms with E-state index in [9.17, 15) is 4.79 Å². The summed E-state index contributed by atoms with van der Waals surface area (Å²) in [6.07, 6.45) is 1.41. The number of likely N-dealkylation sites (N-methyl/N-ethyl adjacent to an activating group) is 1. The SMILES string of the molecule is CNCCc1nc2c(c(=O)[nH]1)CCOC2. The Balaban J connectivity index is 2.28. The average molecular weight is 209 g/mol. The van der Waals surface area contributed by atoms with Gasteiger partial charge >= 0.3 is 0 Å². The van der Waals surface area contributed by atoms with E-state index in [4.69, 9.17) is 4.74 Å². The van der Waals surface area contributed by atoms with Crippen LogP contribution in [0.4, 0.5) is 0 Å². The molecule has 0 atom stereocenters. The lowest BCUT2D eigenvalue weighted by atomic mass is 10.1. The van der Waals surface area contributed by atoms with Crippen molar-refractivity contribution in [3.05, 3.63) is 27.4 Å². The number of nitrogens with one attached hydrogen (secondary N) is 2. The highest BCUT2D eigenvalue weighted by atomic mass is 16.5.